The SMILES string of the molecule is COC(=O)c1ccc(NS(C)(=O)=O)cc1OC[Si](C)(C)C. The number of methoxy groups -OCH3 is 1. The number of carbonyl (C=O) groups excluding carboxylic acids is 1. The Labute approximate surface area is 126 Å². The Morgan fingerprint density at radius 2 is 1.90 bits per heavy atom. The first-order chi connectivity index (χ1) is 9.52. The van der Waals surface area contributed by atoms with Crippen LogP contribution in [0.5, 0.6) is 5.75 Å². The fourth-order valence-corrected chi connectivity index (χ4v) is 2.64. The van der Waals surface area contributed by atoms with E-state index in [1.165, 1.54) is 25.3 Å². The van der Waals surface area contributed by atoms with Gasteiger partial charge in [0.2, 0.25) is 10.0 Å². The van der Waals surface area contributed by atoms with Gasteiger partial charge >= 0.3 is 5.97 Å². The summed E-state index contributed by atoms with van der Waals surface area (Å²) in [7, 11) is -3.59. The highest BCUT2D eigenvalue weighted by molar-refractivity contribution is 7.92. The zero-order chi connectivity index (χ0) is 16.3. The van der Waals surface area contributed by atoms with Crippen molar-refractivity contribution < 1.29 is 22.7 Å². The van der Waals surface area contributed by atoms with Gasteiger partial charge in [0.05, 0.1) is 33.4 Å². The van der Waals surface area contributed by atoms with Crippen molar-refractivity contribution in [1.82, 2.24) is 0 Å². The van der Waals surface area contributed by atoms with E-state index in [9.17, 15) is 13.2 Å². The largest absolute Gasteiger partial charge is 0.496 e. The van der Waals surface area contributed by atoms with E-state index in [-0.39, 0.29) is 5.56 Å². The number of nitrogens with one attached hydrogen (secondary N) is 1. The quantitative estimate of drug-likeness (QED) is 0.638. The van der Waals surface area contributed by atoms with Crippen LogP contribution in [0.1, 0.15) is 10.4 Å². The van der Waals surface area contributed by atoms with Crippen molar-refractivity contribution in [3.63, 3.8) is 0 Å². The lowest BCUT2D eigenvalue weighted by molar-refractivity contribution is 0.0596. The van der Waals surface area contributed by atoms with Crippen LogP contribution in [0.4, 0.5) is 5.69 Å². The first-order valence-corrected chi connectivity index (χ1v) is 11.9. The van der Waals surface area contributed by atoms with E-state index < -0.39 is 24.1 Å². The van der Waals surface area contributed by atoms with Gasteiger partial charge in [-0.2, -0.15) is 0 Å². The third-order valence-corrected chi connectivity index (χ3v) is 3.97. The van der Waals surface area contributed by atoms with Gasteiger partial charge in [-0.25, -0.2) is 13.2 Å². The number of hydrogen-bond donors (Lipinski definition) is 1. The number of sulfonamides is 1. The molecule has 0 aliphatic rings. The van der Waals surface area contributed by atoms with Gasteiger partial charge in [-0.05, 0) is 12.1 Å². The minimum atomic E-state index is -3.39. The zero-order valence-electron chi connectivity index (χ0n) is 12.9. The lowest BCUT2D eigenvalue weighted by Gasteiger charge is -2.19. The van der Waals surface area contributed by atoms with E-state index in [0.29, 0.717) is 17.7 Å². The van der Waals surface area contributed by atoms with Crippen LogP contribution < -0.4 is 9.46 Å². The number of esters is 1. The molecule has 1 aromatic carbocycles. The Kier molecular flexibility index (Phi) is 5.40. The maximum atomic E-state index is 11.7. The number of hydrogen-bond acceptors (Lipinski definition) is 5. The summed E-state index contributed by atoms with van der Waals surface area (Å²) in [6, 6.07) is 4.47. The van der Waals surface area contributed by atoms with Crippen molar-refractivity contribution in [3.05, 3.63) is 23.8 Å². The molecule has 0 heterocycles. The zero-order valence-corrected chi connectivity index (χ0v) is 14.7. The molecular formula is C13H21NO5SSi. The Balaban J connectivity index is 3.13. The van der Waals surface area contributed by atoms with E-state index in [1.807, 2.05) is 0 Å². The second-order valence-corrected chi connectivity index (χ2v) is 13.1. The molecule has 8 heteroatoms. The van der Waals surface area contributed by atoms with Crippen molar-refractivity contribution in [3.8, 4) is 5.75 Å². The van der Waals surface area contributed by atoms with Gasteiger partial charge < -0.3 is 9.47 Å². The normalized spacial score (nSPS) is 11.9. The summed E-state index contributed by atoms with van der Waals surface area (Å²) in [5.74, 6) is -0.204. The summed E-state index contributed by atoms with van der Waals surface area (Å²) in [5, 5.41) is 0. The number of benzene rings is 1. The maximum absolute atomic E-state index is 11.7. The highest BCUT2D eigenvalue weighted by atomic mass is 32.2. The molecule has 0 atom stereocenters. The molecule has 0 saturated carbocycles. The molecule has 1 rings (SSSR count). The van der Waals surface area contributed by atoms with E-state index >= 15 is 0 Å². The summed E-state index contributed by atoms with van der Waals surface area (Å²) in [6.07, 6.45) is 1.57. The standard InChI is InChI=1S/C13H21NO5SSi/c1-18-13(15)11-7-6-10(14-20(2,16)17)8-12(11)19-9-21(3,4)5/h6-8,14H,9H2,1-5H3. The average Bonchev–Trinajstić information content (AvgIpc) is 2.33. The Hall–Kier alpha value is -1.54. The third-order valence-electron chi connectivity index (χ3n) is 2.35. The van der Waals surface area contributed by atoms with Crippen LogP contribution in [0.3, 0.4) is 0 Å². The number of rotatable bonds is 6. The molecule has 0 aliphatic carbocycles. The van der Waals surface area contributed by atoms with Crippen LogP contribution in [0.2, 0.25) is 19.6 Å². The smallest absolute Gasteiger partial charge is 0.341 e. The summed E-state index contributed by atoms with van der Waals surface area (Å²) < 4.78 is 35.3. The van der Waals surface area contributed by atoms with Gasteiger partial charge in [0.25, 0.3) is 0 Å². The molecule has 0 radical (unpaired) electrons. The molecule has 0 fully saturated rings. The molecule has 6 nitrogen and oxygen atoms in total. The van der Waals surface area contributed by atoms with Gasteiger partial charge in [-0.15, -0.1) is 0 Å². The highest BCUT2D eigenvalue weighted by Gasteiger charge is 2.19. The molecule has 0 unspecified atom stereocenters. The average molecular weight is 331 g/mol. The lowest BCUT2D eigenvalue weighted by atomic mass is 10.2. The van der Waals surface area contributed by atoms with Crippen molar-refractivity contribution in [1.29, 1.82) is 0 Å². The molecule has 0 amide bonds. The molecule has 0 saturated heterocycles. The van der Waals surface area contributed by atoms with E-state index in [0.717, 1.165) is 6.26 Å². The fourth-order valence-electron chi connectivity index (χ4n) is 1.49. The van der Waals surface area contributed by atoms with Gasteiger partial charge in [-0.1, -0.05) is 19.6 Å². The van der Waals surface area contributed by atoms with Gasteiger partial charge in [0.15, 0.2) is 0 Å². The first-order valence-electron chi connectivity index (χ1n) is 6.35. The molecule has 1 N–H and O–H groups in total. The van der Waals surface area contributed by atoms with E-state index in [1.54, 1.807) is 0 Å². The van der Waals surface area contributed by atoms with Crippen molar-refractivity contribution in [2.45, 2.75) is 19.6 Å². The molecule has 0 bridgehead atoms. The molecule has 0 spiro atoms. The van der Waals surface area contributed by atoms with Crippen LogP contribution in [0.15, 0.2) is 18.2 Å². The lowest BCUT2D eigenvalue weighted by Crippen LogP contribution is -2.30. The summed E-state index contributed by atoms with van der Waals surface area (Å²) >= 11 is 0. The first kappa shape index (κ1) is 17.5. The number of anilines is 1. The van der Waals surface area contributed by atoms with Crippen LogP contribution in [-0.2, 0) is 14.8 Å². The third kappa shape index (κ3) is 6.17. The van der Waals surface area contributed by atoms with Crippen molar-refractivity contribution in [2.24, 2.45) is 0 Å². The van der Waals surface area contributed by atoms with Gasteiger partial charge in [0.1, 0.15) is 11.3 Å². The van der Waals surface area contributed by atoms with Crippen LogP contribution >= 0.6 is 0 Å². The second kappa shape index (κ2) is 6.48. The van der Waals surface area contributed by atoms with Gasteiger partial charge in [-0.3, -0.25) is 4.72 Å². The number of carbonyl (C=O) groups is 1. The molecule has 0 aromatic heterocycles. The summed E-state index contributed by atoms with van der Waals surface area (Å²) in [5.41, 5.74) is 0.616. The van der Waals surface area contributed by atoms with E-state index in [2.05, 4.69) is 24.4 Å². The van der Waals surface area contributed by atoms with Crippen LogP contribution in [0, 0.1) is 0 Å². The Morgan fingerprint density at radius 1 is 1.29 bits per heavy atom. The van der Waals surface area contributed by atoms with Crippen LogP contribution in [-0.4, -0.2) is 42.1 Å². The highest BCUT2D eigenvalue weighted by Crippen LogP contribution is 2.25. The van der Waals surface area contributed by atoms with E-state index in [4.69, 9.17) is 9.47 Å². The topological polar surface area (TPSA) is 81.7 Å². The minimum Gasteiger partial charge on any atom is -0.496 e. The summed E-state index contributed by atoms with van der Waals surface area (Å²) in [4.78, 5) is 11.7. The fraction of sp³-hybridized carbons (Fsp3) is 0.462. The van der Waals surface area contributed by atoms with Gasteiger partial charge in [0, 0.05) is 6.07 Å². The van der Waals surface area contributed by atoms with Crippen molar-refractivity contribution >= 4 is 29.8 Å². The maximum Gasteiger partial charge on any atom is 0.341 e. The predicted octanol–water partition coefficient (Wildman–Crippen LogP) is 2.10. The molecule has 21 heavy (non-hydrogen) atoms. The molecule has 1 aromatic rings. The molecule has 118 valence electrons. The minimum absolute atomic E-state index is 0.273. The second-order valence-electron chi connectivity index (χ2n) is 5.93. The molecule has 0 aliphatic heterocycles. The number of ether oxygens (including phenoxy) is 2. The Bertz CT molecular complexity index is 622. The molecular weight excluding hydrogens is 310 g/mol. The Morgan fingerprint density at radius 3 is 2.38 bits per heavy atom. The predicted molar refractivity (Wildman–Crippen MR) is 85.1 cm³/mol. The van der Waals surface area contributed by atoms with Crippen molar-refractivity contribution in [2.75, 3.05) is 24.3 Å². The monoisotopic (exact) mass is 331 g/mol. The summed E-state index contributed by atoms with van der Waals surface area (Å²) in [6.45, 7) is 6.39. The van der Waals surface area contributed by atoms with Crippen LogP contribution in [0.25, 0.3) is 0 Å².